The number of ether oxygens (including phenoxy) is 1. The molecule has 0 aliphatic heterocycles. The van der Waals surface area contributed by atoms with Crippen LogP contribution in [-0.4, -0.2) is 18.4 Å². The molecule has 6 heteroatoms. The van der Waals surface area contributed by atoms with Gasteiger partial charge in [-0.15, -0.1) is 11.8 Å². The van der Waals surface area contributed by atoms with Gasteiger partial charge in [0.15, 0.2) is 0 Å². The van der Waals surface area contributed by atoms with Gasteiger partial charge in [0.05, 0.1) is 0 Å². The Labute approximate surface area is 88.4 Å². The minimum absolute atomic E-state index is 0.116. The van der Waals surface area contributed by atoms with Gasteiger partial charge in [-0.05, 0) is 30.5 Å². The second-order valence-electron chi connectivity index (χ2n) is 2.56. The van der Waals surface area contributed by atoms with Gasteiger partial charge in [-0.3, -0.25) is 0 Å². The molecule has 0 amide bonds. The first-order valence-electron chi connectivity index (χ1n) is 3.86. The molecule has 0 saturated heterocycles. The minimum atomic E-state index is -4.96. The first-order chi connectivity index (χ1) is 6.93. The fourth-order valence-electron chi connectivity index (χ4n) is 0.809. The molecule has 0 aromatic heterocycles. The molecule has 0 aliphatic rings. The van der Waals surface area contributed by atoms with Gasteiger partial charge >= 0.3 is 12.1 Å². The van der Waals surface area contributed by atoms with Crippen LogP contribution in [0.1, 0.15) is 0 Å². The van der Waals surface area contributed by atoms with E-state index >= 15 is 0 Å². The van der Waals surface area contributed by atoms with Crippen LogP contribution in [0.25, 0.3) is 0 Å². The van der Waals surface area contributed by atoms with Crippen LogP contribution in [0, 0.1) is 0 Å². The van der Waals surface area contributed by atoms with Crippen LogP contribution in [0.15, 0.2) is 29.2 Å². The van der Waals surface area contributed by atoms with Crippen molar-refractivity contribution in [2.45, 2.75) is 11.1 Å². The highest BCUT2D eigenvalue weighted by atomic mass is 32.2. The smallest absolute Gasteiger partial charge is 0.420 e. The molecule has 0 saturated carbocycles. The molecule has 0 fully saturated rings. The van der Waals surface area contributed by atoms with E-state index in [9.17, 15) is 18.0 Å². The van der Waals surface area contributed by atoms with Gasteiger partial charge in [-0.25, -0.2) is 4.79 Å². The number of benzene rings is 1. The second-order valence-corrected chi connectivity index (χ2v) is 3.44. The first kappa shape index (κ1) is 11.9. The normalized spacial score (nSPS) is 11.2. The molecule has 1 rings (SSSR count). The van der Waals surface area contributed by atoms with E-state index in [2.05, 4.69) is 4.74 Å². The molecule has 0 unspecified atom stereocenters. The first-order valence-corrected chi connectivity index (χ1v) is 5.09. The predicted molar refractivity (Wildman–Crippen MR) is 49.9 cm³/mol. The fourth-order valence-corrected chi connectivity index (χ4v) is 1.22. The number of esters is 1. The molecule has 0 spiro atoms. The number of rotatable bonds is 2. The van der Waals surface area contributed by atoms with Gasteiger partial charge in [0, 0.05) is 4.90 Å². The molecule has 0 heterocycles. The summed E-state index contributed by atoms with van der Waals surface area (Å²) in [5, 5.41) is 0. The van der Waals surface area contributed by atoms with Gasteiger partial charge in [-0.2, -0.15) is 13.2 Å². The molecule has 15 heavy (non-hydrogen) atoms. The summed E-state index contributed by atoms with van der Waals surface area (Å²) in [6.45, 7) is 0. The third-order valence-electron chi connectivity index (χ3n) is 1.50. The van der Waals surface area contributed by atoms with Crippen LogP contribution < -0.4 is 4.74 Å². The lowest BCUT2D eigenvalue weighted by Crippen LogP contribution is -2.27. The van der Waals surface area contributed by atoms with Gasteiger partial charge in [0.1, 0.15) is 5.75 Å². The van der Waals surface area contributed by atoms with Crippen LogP contribution >= 0.6 is 11.8 Å². The third kappa shape index (κ3) is 3.47. The summed E-state index contributed by atoms with van der Waals surface area (Å²) >= 11 is 1.44. The van der Waals surface area contributed by atoms with Gasteiger partial charge in [0.25, 0.3) is 0 Å². The Kier molecular flexibility index (Phi) is 3.62. The summed E-state index contributed by atoms with van der Waals surface area (Å²) in [6.07, 6.45) is -3.13. The summed E-state index contributed by atoms with van der Waals surface area (Å²) in [5.74, 6) is -2.32. The van der Waals surface area contributed by atoms with E-state index in [0.29, 0.717) is 0 Å². The average Bonchev–Trinajstić information content (AvgIpc) is 2.17. The number of hydrogen-bond donors (Lipinski definition) is 0. The molecule has 82 valence electrons. The maximum atomic E-state index is 11.8. The summed E-state index contributed by atoms with van der Waals surface area (Å²) in [5.41, 5.74) is 0. The zero-order valence-corrected chi connectivity index (χ0v) is 8.48. The molecule has 0 N–H and O–H groups in total. The summed E-state index contributed by atoms with van der Waals surface area (Å²) in [7, 11) is 0. The third-order valence-corrected chi connectivity index (χ3v) is 2.25. The monoisotopic (exact) mass is 236 g/mol. The zero-order valence-electron chi connectivity index (χ0n) is 7.67. The lowest BCUT2D eigenvalue weighted by molar-refractivity contribution is -0.189. The number of alkyl halides is 3. The van der Waals surface area contributed by atoms with Gasteiger partial charge in [0.2, 0.25) is 0 Å². The van der Waals surface area contributed by atoms with Gasteiger partial charge in [-0.1, -0.05) is 0 Å². The van der Waals surface area contributed by atoms with Crippen LogP contribution in [0.4, 0.5) is 13.2 Å². The van der Waals surface area contributed by atoms with E-state index in [4.69, 9.17) is 0 Å². The molecule has 0 aliphatic carbocycles. The number of carbonyl (C=O) groups excluding carboxylic acids is 1. The molecule has 0 bridgehead atoms. The number of hydrogen-bond acceptors (Lipinski definition) is 3. The Morgan fingerprint density at radius 2 is 1.80 bits per heavy atom. The molecule has 0 atom stereocenters. The van der Waals surface area contributed by atoms with E-state index in [1.165, 1.54) is 23.9 Å². The molecule has 2 nitrogen and oxygen atoms in total. The van der Waals surface area contributed by atoms with Crippen molar-refractivity contribution in [1.29, 1.82) is 0 Å². The molecule has 0 radical (unpaired) electrons. The van der Waals surface area contributed by atoms with Crippen LogP contribution in [0.2, 0.25) is 0 Å². The van der Waals surface area contributed by atoms with Crippen molar-refractivity contribution >= 4 is 17.7 Å². The Bertz CT molecular complexity index is 345. The summed E-state index contributed by atoms with van der Waals surface area (Å²) in [6, 6.07) is 5.78. The second kappa shape index (κ2) is 4.57. The van der Waals surface area contributed by atoms with Crippen molar-refractivity contribution in [3.8, 4) is 5.75 Å². The summed E-state index contributed by atoms with van der Waals surface area (Å²) in [4.78, 5) is 11.3. The lowest BCUT2D eigenvalue weighted by atomic mass is 10.3. The molecule has 1 aromatic rings. The quantitative estimate of drug-likeness (QED) is 0.448. The van der Waals surface area contributed by atoms with Crippen LogP contribution in [0.5, 0.6) is 5.75 Å². The zero-order chi connectivity index (χ0) is 11.5. The standard InChI is InChI=1S/C9H7F3O2S/c1-15-7-4-2-6(3-5-7)14-8(13)9(10,11)12/h2-5H,1H3. The van der Waals surface area contributed by atoms with Crippen molar-refractivity contribution in [2.24, 2.45) is 0 Å². The van der Waals surface area contributed by atoms with Crippen molar-refractivity contribution < 1.29 is 22.7 Å². The van der Waals surface area contributed by atoms with E-state index in [0.717, 1.165) is 4.90 Å². The van der Waals surface area contributed by atoms with E-state index in [1.54, 1.807) is 12.1 Å². The maximum Gasteiger partial charge on any atom is 0.491 e. The Hall–Kier alpha value is -1.17. The van der Waals surface area contributed by atoms with Crippen molar-refractivity contribution in [2.75, 3.05) is 6.26 Å². The highest BCUT2D eigenvalue weighted by Crippen LogP contribution is 2.22. The Morgan fingerprint density at radius 1 is 1.27 bits per heavy atom. The van der Waals surface area contributed by atoms with E-state index in [1.807, 2.05) is 6.26 Å². The molecular formula is C9H7F3O2S. The largest absolute Gasteiger partial charge is 0.491 e. The van der Waals surface area contributed by atoms with Crippen molar-refractivity contribution in [3.63, 3.8) is 0 Å². The highest BCUT2D eigenvalue weighted by molar-refractivity contribution is 7.98. The summed E-state index contributed by atoms with van der Waals surface area (Å²) < 4.78 is 39.5. The van der Waals surface area contributed by atoms with Crippen molar-refractivity contribution in [1.82, 2.24) is 0 Å². The average molecular weight is 236 g/mol. The SMILES string of the molecule is CSc1ccc(OC(=O)C(F)(F)F)cc1. The van der Waals surface area contributed by atoms with Crippen LogP contribution in [0.3, 0.4) is 0 Å². The minimum Gasteiger partial charge on any atom is -0.420 e. The molecule has 1 aromatic carbocycles. The number of thioether (sulfide) groups is 1. The van der Waals surface area contributed by atoms with Crippen LogP contribution in [-0.2, 0) is 4.79 Å². The van der Waals surface area contributed by atoms with E-state index < -0.39 is 12.1 Å². The fraction of sp³-hybridized carbons (Fsp3) is 0.222. The lowest BCUT2D eigenvalue weighted by Gasteiger charge is -2.06. The molecular weight excluding hydrogens is 229 g/mol. The van der Waals surface area contributed by atoms with Crippen molar-refractivity contribution in [3.05, 3.63) is 24.3 Å². The maximum absolute atomic E-state index is 11.8. The number of carbonyl (C=O) groups is 1. The predicted octanol–water partition coefficient (Wildman–Crippen LogP) is 2.88. The Balaban J connectivity index is 2.70. The van der Waals surface area contributed by atoms with Gasteiger partial charge < -0.3 is 4.74 Å². The highest BCUT2D eigenvalue weighted by Gasteiger charge is 2.41. The Morgan fingerprint density at radius 3 is 2.20 bits per heavy atom. The van der Waals surface area contributed by atoms with E-state index in [-0.39, 0.29) is 5.75 Å². The number of halogens is 3. The topological polar surface area (TPSA) is 26.3 Å².